The molecular weight excluding hydrogens is 563 g/mol. The number of hydrogen-bond donors (Lipinski definition) is 2. The Balaban J connectivity index is 1.21. The molecule has 1 amide bonds. The predicted molar refractivity (Wildman–Crippen MR) is 147 cm³/mol. The van der Waals surface area contributed by atoms with E-state index in [4.69, 9.17) is 4.74 Å². The second kappa shape index (κ2) is 11.5. The predicted octanol–water partition coefficient (Wildman–Crippen LogP) is 4.94. The van der Waals surface area contributed by atoms with Gasteiger partial charge in [0.1, 0.15) is 22.4 Å². The Kier molecular flexibility index (Phi) is 8.06. The highest BCUT2D eigenvalue weighted by Crippen LogP contribution is 2.34. The van der Waals surface area contributed by atoms with Crippen LogP contribution in [-0.4, -0.2) is 52.2 Å². The quantitative estimate of drug-likeness (QED) is 0.302. The van der Waals surface area contributed by atoms with Crippen molar-refractivity contribution in [3.8, 4) is 16.3 Å². The summed E-state index contributed by atoms with van der Waals surface area (Å²) >= 11 is 2.45. The maximum atomic E-state index is 13.0. The first-order chi connectivity index (χ1) is 19.1. The van der Waals surface area contributed by atoms with Gasteiger partial charge in [-0.05, 0) is 49.9 Å². The van der Waals surface area contributed by atoms with E-state index in [-0.39, 0.29) is 29.3 Å². The molecule has 3 heterocycles. The van der Waals surface area contributed by atoms with Gasteiger partial charge in [0.15, 0.2) is 0 Å². The number of halogens is 3. The molecule has 210 valence electrons. The molecule has 1 fully saturated rings. The monoisotopic (exact) mass is 589 g/mol. The average Bonchev–Trinajstić information content (AvgIpc) is 3.65. The van der Waals surface area contributed by atoms with Gasteiger partial charge in [-0.3, -0.25) is 9.59 Å². The van der Waals surface area contributed by atoms with E-state index in [1.807, 2.05) is 14.0 Å². The lowest BCUT2D eigenvalue weighted by molar-refractivity contribution is -0.137. The van der Waals surface area contributed by atoms with E-state index >= 15 is 0 Å². The minimum Gasteiger partial charge on any atom is -0.488 e. The highest BCUT2D eigenvalue weighted by molar-refractivity contribution is 7.15. The summed E-state index contributed by atoms with van der Waals surface area (Å²) in [6.07, 6.45) is -3.73. The summed E-state index contributed by atoms with van der Waals surface area (Å²) in [5, 5.41) is 10.9. The first-order valence-corrected chi connectivity index (χ1v) is 14.2. The number of alkyl halides is 3. The molecule has 5 rings (SSSR count). The molecule has 1 saturated heterocycles. The molecule has 0 saturated carbocycles. The number of benzene rings is 2. The van der Waals surface area contributed by atoms with Crippen molar-refractivity contribution in [2.24, 2.45) is 0 Å². The number of aryl methyl sites for hydroxylation is 1. The van der Waals surface area contributed by atoms with Gasteiger partial charge in [-0.25, -0.2) is 10.1 Å². The number of likely N-dealkylation sites (tertiary alicyclic amines) is 1. The van der Waals surface area contributed by atoms with Gasteiger partial charge >= 0.3 is 11.0 Å². The van der Waals surface area contributed by atoms with E-state index < -0.39 is 11.7 Å². The topological polar surface area (TPSA) is 100 Å². The number of thiazole rings is 1. The molecule has 2 atom stereocenters. The van der Waals surface area contributed by atoms with Crippen LogP contribution in [0.1, 0.15) is 44.3 Å². The Morgan fingerprint density at radius 3 is 2.48 bits per heavy atom. The van der Waals surface area contributed by atoms with Gasteiger partial charge < -0.3 is 15.0 Å². The Morgan fingerprint density at radius 1 is 1.12 bits per heavy atom. The van der Waals surface area contributed by atoms with E-state index in [1.165, 1.54) is 23.5 Å². The van der Waals surface area contributed by atoms with Crippen molar-refractivity contribution >= 4 is 28.6 Å². The fourth-order valence-corrected chi connectivity index (χ4v) is 6.43. The molecule has 2 aromatic carbocycles. The zero-order valence-electron chi connectivity index (χ0n) is 21.6. The average molecular weight is 590 g/mol. The molecule has 2 aromatic heterocycles. The fraction of sp³-hybridized carbons (Fsp3) is 0.333. The lowest BCUT2D eigenvalue weighted by Gasteiger charge is -2.18. The number of ether oxygens (including phenoxy) is 1. The summed E-state index contributed by atoms with van der Waals surface area (Å²) in [6, 6.07) is 11.6. The number of hydrogen-bond acceptors (Lipinski definition) is 8. The van der Waals surface area contributed by atoms with E-state index in [2.05, 4.69) is 25.4 Å². The summed E-state index contributed by atoms with van der Waals surface area (Å²) in [4.78, 5) is 31.9. The second-order valence-electron chi connectivity index (χ2n) is 9.49. The van der Waals surface area contributed by atoms with E-state index in [0.717, 1.165) is 34.0 Å². The molecule has 1 aliphatic rings. The van der Waals surface area contributed by atoms with Crippen molar-refractivity contribution in [3.63, 3.8) is 0 Å². The van der Waals surface area contributed by atoms with Crippen LogP contribution in [0.2, 0.25) is 0 Å². The molecule has 8 nitrogen and oxygen atoms in total. The van der Waals surface area contributed by atoms with Crippen LogP contribution in [0.25, 0.3) is 10.6 Å². The highest BCUT2D eigenvalue weighted by Gasteiger charge is 2.35. The number of nitrogens with zero attached hydrogens (tertiary/aromatic N) is 3. The lowest BCUT2D eigenvalue weighted by Crippen LogP contribution is -2.39. The number of likely N-dealkylation sites (N-methyl/N-ethyl adjacent to an activating group) is 1. The number of aromatic amines is 1. The summed E-state index contributed by atoms with van der Waals surface area (Å²) in [5.74, 6) is 0.277. The SMILES string of the molecule is CCc1nc(-c2ccc(C(F)(F)F)cc2)sc1COc1ccc(C(=O)N[C@@H]2CN(C)C[C@@H]2c2n[nH]c(=O)s2)cc1. The standard InChI is InChI=1S/C27H26F3N5O3S2/c1-3-20-22(39-24(32-20)16-4-8-17(9-5-16)27(28,29)30)14-38-18-10-6-15(7-11-18)23(36)31-21-13-35(2)12-19(21)25-33-34-26(37)40-25/h4-11,19,21H,3,12-14H2,1-2H3,(H,31,36)(H,34,37)/t19-,21+/m0/s1. The van der Waals surface area contributed by atoms with E-state index in [1.54, 1.807) is 24.3 Å². The molecule has 2 N–H and O–H groups in total. The van der Waals surface area contributed by atoms with Crippen LogP contribution >= 0.6 is 22.7 Å². The van der Waals surface area contributed by atoms with Gasteiger partial charge in [0.2, 0.25) is 0 Å². The lowest BCUT2D eigenvalue weighted by atomic mass is 10.0. The number of nitrogens with one attached hydrogen (secondary N) is 2. The minimum absolute atomic E-state index is 0.0693. The Morgan fingerprint density at radius 2 is 1.85 bits per heavy atom. The third-order valence-electron chi connectivity index (χ3n) is 6.65. The molecule has 0 bridgehead atoms. The third-order valence-corrected chi connectivity index (χ3v) is 8.65. The first-order valence-electron chi connectivity index (χ1n) is 12.5. The van der Waals surface area contributed by atoms with Crippen LogP contribution in [0.5, 0.6) is 5.75 Å². The normalized spacial score (nSPS) is 17.7. The van der Waals surface area contributed by atoms with Crippen LogP contribution in [0.4, 0.5) is 13.2 Å². The molecule has 0 spiro atoms. The van der Waals surface area contributed by atoms with Crippen molar-refractivity contribution in [1.82, 2.24) is 25.4 Å². The van der Waals surface area contributed by atoms with Crippen LogP contribution < -0.4 is 14.9 Å². The van der Waals surface area contributed by atoms with Crippen LogP contribution in [0.15, 0.2) is 53.3 Å². The van der Waals surface area contributed by atoms with E-state index in [9.17, 15) is 22.8 Å². The van der Waals surface area contributed by atoms with Gasteiger partial charge in [-0.15, -0.1) is 11.3 Å². The zero-order chi connectivity index (χ0) is 28.4. The van der Waals surface area contributed by atoms with Crippen molar-refractivity contribution in [2.75, 3.05) is 20.1 Å². The molecule has 0 aliphatic carbocycles. The second-order valence-corrected chi connectivity index (χ2v) is 11.6. The first kappa shape index (κ1) is 28.0. The highest BCUT2D eigenvalue weighted by atomic mass is 32.1. The number of amides is 1. The molecule has 40 heavy (non-hydrogen) atoms. The smallest absolute Gasteiger partial charge is 0.416 e. The summed E-state index contributed by atoms with van der Waals surface area (Å²) < 4.78 is 44.6. The number of carbonyl (C=O) groups excluding carboxylic acids is 1. The Hall–Kier alpha value is -3.55. The molecule has 13 heteroatoms. The van der Waals surface area contributed by atoms with Gasteiger partial charge in [0.25, 0.3) is 5.91 Å². The van der Waals surface area contributed by atoms with Crippen LogP contribution in [0.3, 0.4) is 0 Å². The van der Waals surface area contributed by atoms with Crippen LogP contribution in [-0.2, 0) is 19.2 Å². The molecule has 1 aliphatic heterocycles. The van der Waals surface area contributed by atoms with Crippen molar-refractivity contribution < 1.29 is 22.7 Å². The maximum Gasteiger partial charge on any atom is 0.416 e. The van der Waals surface area contributed by atoms with Crippen molar-refractivity contribution in [1.29, 1.82) is 0 Å². The Labute approximate surface area is 235 Å². The number of H-pyrrole nitrogens is 1. The minimum atomic E-state index is -4.38. The number of aromatic nitrogens is 3. The Bertz CT molecular complexity index is 1530. The molecule has 4 aromatic rings. The number of carbonyl (C=O) groups is 1. The number of rotatable bonds is 8. The molecular formula is C27H26F3N5O3S2. The summed E-state index contributed by atoms with van der Waals surface area (Å²) in [6.45, 7) is 3.54. The molecule has 0 unspecified atom stereocenters. The summed E-state index contributed by atoms with van der Waals surface area (Å²) in [7, 11) is 1.96. The largest absolute Gasteiger partial charge is 0.488 e. The molecule has 0 radical (unpaired) electrons. The van der Waals surface area contributed by atoms with Gasteiger partial charge in [0, 0.05) is 30.1 Å². The van der Waals surface area contributed by atoms with Crippen LogP contribution in [0, 0.1) is 0 Å². The van der Waals surface area contributed by atoms with Gasteiger partial charge in [-0.1, -0.05) is 30.4 Å². The maximum absolute atomic E-state index is 13.0. The summed E-state index contributed by atoms with van der Waals surface area (Å²) in [5.41, 5.74) is 1.23. The van der Waals surface area contributed by atoms with E-state index in [0.29, 0.717) is 46.4 Å². The fourth-order valence-electron chi connectivity index (χ4n) is 4.60. The third kappa shape index (κ3) is 6.26. The zero-order valence-corrected chi connectivity index (χ0v) is 23.3. The van der Waals surface area contributed by atoms with Gasteiger partial charge in [-0.2, -0.15) is 18.3 Å². The van der Waals surface area contributed by atoms with Crippen molar-refractivity contribution in [2.45, 2.75) is 38.1 Å². The van der Waals surface area contributed by atoms with Crippen molar-refractivity contribution in [3.05, 3.63) is 84.9 Å². The van der Waals surface area contributed by atoms with Gasteiger partial charge in [0.05, 0.1) is 22.2 Å².